The number of phenolic OH excluding ortho intramolecular Hbond substituents is 3. The first-order valence-electron chi connectivity index (χ1n) is 22.8. The van der Waals surface area contributed by atoms with Crippen molar-refractivity contribution in [2.45, 2.75) is 200 Å². The summed E-state index contributed by atoms with van der Waals surface area (Å²) in [5.74, 6) is 1.16. The van der Waals surface area contributed by atoms with Gasteiger partial charge in [0.2, 0.25) is 0 Å². The zero-order valence-corrected chi connectivity index (χ0v) is 39.2. The molecule has 2 aliphatic carbocycles. The predicted octanol–water partition coefficient (Wildman–Crippen LogP) is 10.7. The van der Waals surface area contributed by atoms with Gasteiger partial charge in [0.25, 0.3) is 0 Å². The van der Waals surface area contributed by atoms with E-state index >= 15 is 0 Å². The van der Waals surface area contributed by atoms with Crippen LogP contribution in [-0.2, 0) is 41.3 Å². The average molecular weight is 836 g/mol. The molecule has 0 saturated heterocycles. The van der Waals surface area contributed by atoms with Gasteiger partial charge in [0.05, 0.1) is 19.6 Å². The average Bonchev–Trinajstić information content (AvgIpc) is 3.17. The van der Waals surface area contributed by atoms with Crippen molar-refractivity contribution in [3.05, 3.63) is 118 Å². The molecule has 61 heavy (non-hydrogen) atoms. The van der Waals surface area contributed by atoms with Crippen LogP contribution in [-0.4, -0.2) is 29.0 Å². The molecular formula is C52H73N3O6. The number of aromatic nitrogens is 3. The maximum Gasteiger partial charge on any atom is 0.336 e. The summed E-state index contributed by atoms with van der Waals surface area (Å²) in [6.45, 7) is 24.0. The van der Waals surface area contributed by atoms with E-state index in [1.54, 1.807) is 0 Å². The van der Waals surface area contributed by atoms with Crippen LogP contribution in [0.15, 0.2) is 50.8 Å². The number of nitrogens with zero attached hydrogens (tertiary/aromatic N) is 3. The van der Waals surface area contributed by atoms with Crippen LogP contribution in [0.4, 0.5) is 0 Å². The highest BCUT2D eigenvalue weighted by atomic mass is 16.3. The van der Waals surface area contributed by atoms with Crippen LogP contribution in [0, 0.1) is 0 Å². The van der Waals surface area contributed by atoms with E-state index in [0.717, 1.165) is 77.2 Å². The molecular weight excluding hydrogens is 763 g/mol. The topological polar surface area (TPSA) is 127 Å². The van der Waals surface area contributed by atoms with Gasteiger partial charge in [0.1, 0.15) is 17.2 Å². The third-order valence-electron chi connectivity index (χ3n) is 13.3. The van der Waals surface area contributed by atoms with Gasteiger partial charge in [0, 0.05) is 0 Å². The van der Waals surface area contributed by atoms with E-state index < -0.39 is 38.7 Å². The minimum atomic E-state index is -0.729. The van der Waals surface area contributed by atoms with E-state index in [0.29, 0.717) is 39.1 Å². The van der Waals surface area contributed by atoms with Gasteiger partial charge in [-0.2, -0.15) is 0 Å². The molecule has 332 valence electrons. The van der Waals surface area contributed by atoms with Crippen molar-refractivity contribution in [1.29, 1.82) is 0 Å². The van der Waals surface area contributed by atoms with Crippen LogP contribution in [0.2, 0.25) is 0 Å². The van der Waals surface area contributed by atoms with Gasteiger partial charge in [-0.05, 0) is 134 Å². The second-order valence-electron chi connectivity index (χ2n) is 22.5. The van der Waals surface area contributed by atoms with E-state index in [2.05, 4.69) is 0 Å². The molecule has 0 spiro atoms. The summed E-state index contributed by atoms with van der Waals surface area (Å²) in [4.78, 5) is 44.6. The van der Waals surface area contributed by atoms with Gasteiger partial charge < -0.3 is 15.3 Å². The lowest BCUT2D eigenvalue weighted by Gasteiger charge is -2.29. The minimum absolute atomic E-state index is 0.0657. The first kappa shape index (κ1) is 46.0. The van der Waals surface area contributed by atoms with Crippen molar-refractivity contribution < 1.29 is 15.3 Å². The number of hydrogen-bond donors (Lipinski definition) is 3. The third-order valence-corrected chi connectivity index (χ3v) is 13.3. The molecule has 9 nitrogen and oxygen atoms in total. The second-order valence-corrected chi connectivity index (χ2v) is 22.5. The monoisotopic (exact) mass is 836 g/mol. The summed E-state index contributed by atoms with van der Waals surface area (Å²) in [5.41, 5.74) is 2.83. The van der Waals surface area contributed by atoms with Gasteiger partial charge in [-0.1, -0.05) is 134 Å². The molecule has 0 bridgehead atoms. The van der Waals surface area contributed by atoms with Crippen LogP contribution >= 0.6 is 0 Å². The molecule has 0 radical (unpaired) electrons. The summed E-state index contributed by atoms with van der Waals surface area (Å²) in [6, 6.07) is 11.5. The molecule has 0 unspecified atom stereocenters. The maximum absolute atomic E-state index is 14.9. The fourth-order valence-electron chi connectivity index (χ4n) is 9.78. The van der Waals surface area contributed by atoms with Crippen molar-refractivity contribution in [2.24, 2.45) is 0 Å². The van der Waals surface area contributed by atoms with E-state index in [1.807, 2.05) is 119 Å². The fraction of sp³-hybridized carbons (Fsp3) is 0.596. The van der Waals surface area contributed by atoms with Crippen molar-refractivity contribution in [2.75, 3.05) is 0 Å². The van der Waals surface area contributed by atoms with Crippen molar-refractivity contribution in [1.82, 2.24) is 13.7 Å². The van der Waals surface area contributed by atoms with Crippen molar-refractivity contribution >= 4 is 0 Å². The standard InChI is InChI=1S/C52H73N3O6/c1-49(2,3)39-25-33(26-40(44(39)57)50(4,5)6)30-54-46(59)53(29-32-23-37(35-19-15-13-16-20-35)43(56)38(24-32)36-21-17-14-18-22-36)47(60)55(48(54)61)31-34-27-41(51(7,8)9)45(58)42(28-34)52(10,11)12/h23-28,35-36,56-58H,13-22,29-31H2,1-12H3. The lowest BCUT2D eigenvalue weighted by atomic mass is 9.78. The third kappa shape index (κ3) is 9.76. The predicted molar refractivity (Wildman–Crippen MR) is 247 cm³/mol. The molecule has 3 aromatic carbocycles. The summed E-state index contributed by atoms with van der Waals surface area (Å²) >= 11 is 0. The molecule has 2 saturated carbocycles. The van der Waals surface area contributed by atoms with Gasteiger partial charge in [-0.3, -0.25) is 0 Å². The van der Waals surface area contributed by atoms with E-state index in [-0.39, 0.29) is 43.0 Å². The molecule has 6 rings (SSSR count). The smallest absolute Gasteiger partial charge is 0.336 e. The number of phenols is 3. The Morgan fingerprint density at radius 1 is 0.410 bits per heavy atom. The molecule has 4 aromatic rings. The Morgan fingerprint density at radius 3 is 0.902 bits per heavy atom. The van der Waals surface area contributed by atoms with Crippen LogP contribution in [0.3, 0.4) is 0 Å². The van der Waals surface area contributed by atoms with Gasteiger partial charge in [-0.25, -0.2) is 28.1 Å². The summed E-state index contributed by atoms with van der Waals surface area (Å²) in [5, 5.41) is 34.9. The quantitative estimate of drug-likeness (QED) is 0.162. The zero-order chi connectivity index (χ0) is 45.0. The molecule has 1 aromatic heterocycles. The maximum atomic E-state index is 14.9. The fourth-order valence-corrected chi connectivity index (χ4v) is 9.78. The van der Waals surface area contributed by atoms with Crippen molar-refractivity contribution in [3.8, 4) is 17.2 Å². The first-order valence-corrected chi connectivity index (χ1v) is 22.8. The van der Waals surface area contributed by atoms with Gasteiger partial charge in [-0.15, -0.1) is 0 Å². The zero-order valence-electron chi connectivity index (χ0n) is 39.2. The summed E-state index contributed by atoms with van der Waals surface area (Å²) in [7, 11) is 0. The molecule has 0 atom stereocenters. The number of hydrogen-bond acceptors (Lipinski definition) is 6. The normalized spacial score (nSPS) is 16.3. The van der Waals surface area contributed by atoms with Gasteiger partial charge >= 0.3 is 17.1 Å². The molecule has 2 aliphatic rings. The van der Waals surface area contributed by atoms with E-state index in [4.69, 9.17) is 0 Å². The number of benzene rings is 3. The Hall–Kier alpha value is -4.53. The largest absolute Gasteiger partial charge is 0.507 e. The van der Waals surface area contributed by atoms with Crippen LogP contribution in [0.25, 0.3) is 0 Å². The Labute approximate surface area is 363 Å². The Morgan fingerprint density at radius 2 is 0.656 bits per heavy atom. The van der Waals surface area contributed by atoms with Gasteiger partial charge in [0.15, 0.2) is 0 Å². The Balaban J connectivity index is 1.60. The first-order chi connectivity index (χ1) is 28.3. The van der Waals surface area contributed by atoms with E-state index in [1.165, 1.54) is 17.4 Å². The Bertz CT molecular complexity index is 2210. The van der Waals surface area contributed by atoms with Crippen LogP contribution < -0.4 is 17.1 Å². The lowest BCUT2D eigenvalue weighted by Crippen LogP contribution is -2.54. The molecule has 3 N–H and O–H groups in total. The molecule has 0 aliphatic heterocycles. The summed E-state index contributed by atoms with van der Waals surface area (Å²) in [6.07, 6.45) is 10.7. The molecule has 1 heterocycles. The Kier molecular flexibility index (Phi) is 12.8. The van der Waals surface area contributed by atoms with Crippen molar-refractivity contribution in [3.63, 3.8) is 0 Å². The summed E-state index contributed by atoms with van der Waals surface area (Å²) < 4.78 is 3.51. The second kappa shape index (κ2) is 17.0. The molecule has 9 heteroatoms. The van der Waals surface area contributed by atoms with E-state index in [9.17, 15) is 29.7 Å². The SMILES string of the molecule is CC(C)(C)c1cc(Cn2c(=O)n(Cc3cc(C4CCCCC4)c(O)c(C4CCCCC4)c3)c(=O)n(Cc3cc(C(C)(C)C)c(O)c(C(C)(C)C)c3)c2=O)cc(C(C)(C)C)c1O. The number of aromatic hydroxyl groups is 3. The lowest BCUT2D eigenvalue weighted by molar-refractivity contribution is 0.392. The van der Waals surface area contributed by atoms with Crippen LogP contribution in [0.5, 0.6) is 17.2 Å². The highest BCUT2D eigenvalue weighted by Gasteiger charge is 2.31. The number of rotatable bonds is 8. The molecule has 2 fully saturated rings. The highest BCUT2D eigenvalue weighted by molar-refractivity contribution is 5.52. The van der Waals surface area contributed by atoms with Crippen LogP contribution in [0.1, 0.15) is 209 Å². The minimum Gasteiger partial charge on any atom is -0.507 e. The highest BCUT2D eigenvalue weighted by Crippen LogP contribution is 2.45. The molecule has 0 amide bonds.